The maximum absolute atomic E-state index is 12.7. The Bertz CT molecular complexity index is 876. The third-order valence-electron chi connectivity index (χ3n) is 5.77. The van der Waals surface area contributed by atoms with E-state index < -0.39 is 0 Å². The first-order valence-electron chi connectivity index (χ1n) is 10.4. The van der Waals surface area contributed by atoms with Crippen molar-refractivity contribution < 1.29 is 9.53 Å². The van der Waals surface area contributed by atoms with Gasteiger partial charge in [0.1, 0.15) is 17.6 Å². The first-order chi connectivity index (χ1) is 14.2. The van der Waals surface area contributed by atoms with Crippen LogP contribution in [-0.2, 0) is 4.79 Å². The number of hydrogen-bond donors (Lipinski definition) is 1. The Morgan fingerprint density at radius 1 is 1.14 bits per heavy atom. The summed E-state index contributed by atoms with van der Waals surface area (Å²) >= 11 is 0. The first kappa shape index (κ1) is 19.3. The lowest BCUT2D eigenvalue weighted by atomic mass is 9.95. The van der Waals surface area contributed by atoms with Gasteiger partial charge in [0.25, 0.3) is 0 Å². The summed E-state index contributed by atoms with van der Waals surface area (Å²) < 4.78 is 6.04. The molecule has 6 nitrogen and oxygen atoms in total. The molecule has 0 bridgehead atoms. The van der Waals surface area contributed by atoms with E-state index in [1.54, 1.807) is 12.3 Å². The van der Waals surface area contributed by atoms with Gasteiger partial charge in [-0.05, 0) is 62.8 Å². The average Bonchev–Trinajstić information content (AvgIpc) is 3.27. The number of ether oxygens (including phenoxy) is 1. The highest BCUT2D eigenvalue weighted by Crippen LogP contribution is 2.27. The van der Waals surface area contributed by atoms with E-state index in [-0.39, 0.29) is 11.8 Å². The van der Waals surface area contributed by atoms with Crippen molar-refractivity contribution in [3.63, 3.8) is 0 Å². The summed E-state index contributed by atoms with van der Waals surface area (Å²) in [5.41, 5.74) is 1.35. The van der Waals surface area contributed by atoms with Crippen molar-refractivity contribution in [3.8, 4) is 11.8 Å². The minimum absolute atomic E-state index is 0.0101. The number of amides is 1. The van der Waals surface area contributed by atoms with E-state index in [1.165, 1.54) is 12.8 Å². The van der Waals surface area contributed by atoms with Crippen LogP contribution >= 0.6 is 0 Å². The standard InChI is InChI=1S/C23H26N4O2/c24-15-17-8-9-22(25-16-17)27-12-10-18(11-13-27)23(28)26-19-4-3-7-21(14-19)29-20-5-1-2-6-20/h3-4,7-9,14,16,18,20H,1-2,5-6,10-13H2,(H,26,28). The van der Waals surface area contributed by atoms with Crippen LogP contribution in [0.2, 0.25) is 0 Å². The number of rotatable bonds is 5. The van der Waals surface area contributed by atoms with Crippen LogP contribution in [0.25, 0.3) is 0 Å². The van der Waals surface area contributed by atoms with Gasteiger partial charge in [-0.2, -0.15) is 5.26 Å². The summed E-state index contributed by atoms with van der Waals surface area (Å²) in [5.74, 6) is 1.75. The minimum Gasteiger partial charge on any atom is -0.490 e. The molecule has 0 atom stereocenters. The fourth-order valence-electron chi connectivity index (χ4n) is 4.10. The molecule has 1 N–H and O–H groups in total. The summed E-state index contributed by atoms with van der Waals surface area (Å²) in [6, 6.07) is 13.5. The van der Waals surface area contributed by atoms with Crippen molar-refractivity contribution in [3.05, 3.63) is 48.2 Å². The fourth-order valence-corrected chi connectivity index (χ4v) is 4.10. The normalized spacial score (nSPS) is 17.7. The molecule has 4 rings (SSSR count). The molecular weight excluding hydrogens is 364 g/mol. The molecule has 0 spiro atoms. The molecule has 1 saturated carbocycles. The molecule has 1 aliphatic carbocycles. The monoisotopic (exact) mass is 390 g/mol. The molecule has 2 heterocycles. The molecule has 1 aliphatic heterocycles. The zero-order chi connectivity index (χ0) is 20.1. The highest BCUT2D eigenvalue weighted by Gasteiger charge is 2.26. The van der Waals surface area contributed by atoms with Gasteiger partial charge in [-0.1, -0.05) is 6.07 Å². The maximum atomic E-state index is 12.7. The lowest BCUT2D eigenvalue weighted by Gasteiger charge is -2.32. The molecule has 1 amide bonds. The molecule has 29 heavy (non-hydrogen) atoms. The van der Waals surface area contributed by atoms with Gasteiger partial charge in [0.2, 0.25) is 5.91 Å². The lowest BCUT2D eigenvalue weighted by Crippen LogP contribution is -2.38. The minimum atomic E-state index is -0.0101. The van der Waals surface area contributed by atoms with Gasteiger partial charge in [-0.15, -0.1) is 0 Å². The Balaban J connectivity index is 1.30. The van der Waals surface area contributed by atoms with Crippen molar-refractivity contribution in [1.29, 1.82) is 5.26 Å². The second kappa shape index (κ2) is 8.95. The van der Waals surface area contributed by atoms with E-state index >= 15 is 0 Å². The SMILES string of the molecule is N#Cc1ccc(N2CCC(C(=O)Nc3cccc(OC4CCCC4)c3)CC2)nc1. The van der Waals surface area contributed by atoms with Crippen LogP contribution in [0.3, 0.4) is 0 Å². The van der Waals surface area contributed by atoms with Crippen LogP contribution in [0.5, 0.6) is 5.75 Å². The van der Waals surface area contributed by atoms with E-state index in [0.29, 0.717) is 11.7 Å². The van der Waals surface area contributed by atoms with Gasteiger partial charge in [0.05, 0.1) is 11.7 Å². The van der Waals surface area contributed by atoms with E-state index in [4.69, 9.17) is 10.00 Å². The van der Waals surface area contributed by atoms with Gasteiger partial charge in [-0.25, -0.2) is 4.98 Å². The number of piperidine rings is 1. The molecule has 2 fully saturated rings. The zero-order valence-corrected chi connectivity index (χ0v) is 16.5. The van der Waals surface area contributed by atoms with E-state index in [2.05, 4.69) is 21.3 Å². The predicted molar refractivity (Wildman–Crippen MR) is 112 cm³/mol. The van der Waals surface area contributed by atoms with Crippen LogP contribution in [-0.4, -0.2) is 30.1 Å². The van der Waals surface area contributed by atoms with Crippen molar-refractivity contribution >= 4 is 17.4 Å². The van der Waals surface area contributed by atoms with Crippen LogP contribution in [0.15, 0.2) is 42.6 Å². The second-order valence-electron chi connectivity index (χ2n) is 7.82. The second-order valence-corrected chi connectivity index (χ2v) is 7.82. The largest absolute Gasteiger partial charge is 0.490 e. The lowest BCUT2D eigenvalue weighted by molar-refractivity contribution is -0.120. The zero-order valence-electron chi connectivity index (χ0n) is 16.5. The first-order valence-corrected chi connectivity index (χ1v) is 10.4. The summed E-state index contributed by atoms with van der Waals surface area (Å²) in [6.45, 7) is 1.56. The Kier molecular flexibility index (Phi) is 5.95. The predicted octanol–water partition coefficient (Wildman–Crippen LogP) is 4.13. The molecule has 1 saturated heterocycles. The molecular formula is C23H26N4O2. The molecule has 0 radical (unpaired) electrons. The van der Waals surface area contributed by atoms with E-state index in [1.807, 2.05) is 30.3 Å². The molecule has 2 aliphatic rings. The third kappa shape index (κ3) is 4.86. The fraction of sp³-hybridized carbons (Fsp3) is 0.435. The smallest absolute Gasteiger partial charge is 0.227 e. The van der Waals surface area contributed by atoms with Gasteiger partial charge in [-0.3, -0.25) is 4.79 Å². The van der Waals surface area contributed by atoms with Gasteiger partial charge < -0.3 is 15.0 Å². The van der Waals surface area contributed by atoms with Crippen LogP contribution in [0.1, 0.15) is 44.1 Å². The van der Waals surface area contributed by atoms with Crippen molar-refractivity contribution in [2.24, 2.45) is 5.92 Å². The molecule has 150 valence electrons. The molecule has 0 unspecified atom stereocenters. The van der Waals surface area contributed by atoms with Gasteiger partial charge >= 0.3 is 0 Å². The number of nitrogens with one attached hydrogen (secondary N) is 1. The number of nitriles is 1. The summed E-state index contributed by atoms with van der Waals surface area (Å²) in [7, 11) is 0. The number of carbonyl (C=O) groups is 1. The summed E-state index contributed by atoms with van der Waals surface area (Å²) in [4.78, 5) is 19.2. The Hall–Kier alpha value is -3.07. The number of nitrogens with zero attached hydrogens (tertiary/aromatic N) is 3. The van der Waals surface area contributed by atoms with E-state index in [9.17, 15) is 4.79 Å². The number of aromatic nitrogens is 1. The topological polar surface area (TPSA) is 78.2 Å². The van der Waals surface area contributed by atoms with E-state index in [0.717, 1.165) is 56.0 Å². The summed E-state index contributed by atoms with van der Waals surface area (Å²) in [6.07, 6.45) is 8.16. The molecule has 1 aromatic heterocycles. The third-order valence-corrected chi connectivity index (χ3v) is 5.77. The van der Waals surface area contributed by atoms with Crippen LogP contribution in [0, 0.1) is 17.2 Å². The highest BCUT2D eigenvalue weighted by atomic mass is 16.5. The maximum Gasteiger partial charge on any atom is 0.227 e. The van der Waals surface area contributed by atoms with Gasteiger partial charge in [0, 0.05) is 37.0 Å². The Labute approximate surface area is 171 Å². The Morgan fingerprint density at radius 3 is 2.62 bits per heavy atom. The molecule has 2 aromatic rings. The quantitative estimate of drug-likeness (QED) is 0.830. The highest BCUT2D eigenvalue weighted by molar-refractivity contribution is 5.92. The van der Waals surface area contributed by atoms with Gasteiger partial charge in [0.15, 0.2) is 0 Å². The number of benzene rings is 1. The van der Waals surface area contributed by atoms with Crippen molar-refractivity contribution in [2.45, 2.75) is 44.6 Å². The number of anilines is 2. The molecule has 6 heteroatoms. The number of pyridine rings is 1. The van der Waals surface area contributed by atoms with Crippen LogP contribution < -0.4 is 15.0 Å². The average molecular weight is 390 g/mol. The van der Waals surface area contributed by atoms with Crippen molar-refractivity contribution in [1.82, 2.24) is 4.98 Å². The number of carbonyl (C=O) groups excluding carboxylic acids is 1. The van der Waals surface area contributed by atoms with Crippen molar-refractivity contribution in [2.75, 3.05) is 23.3 Å². The Morgan fingerprint density at radius 2 is 1.93 bits per heavy atom. The summed E-state index contributed by atoms with van der Waals surface area (Å²) in [5, 5.41) is 11.9. The number of hydrogen-bond acceptors (Lipinski definition) is 5. The van der Waals surface area contributed by atoms with Crippen LogP contribution in [0.4, 0.5) is 11.5 Å². The molecule has 1 aromatic carbocycles.